The monoisotopic (exact) mass is 299 g/mol. The molecule has 0 saturated heterocycles. The van der Waals surface area contributed by atoms with Gasteiger partial charge in [0.05, 0.1) is 6.61 Å². The summed E-state index contributed by atoms with van der Waals surface area (Å²) in [6.45, 7) is 8.34. The smallest absolute Gasteiger partial charge is 0.249 e. The standard InChI is InChI=1S/C16H23F2NO2/c1-5-19-15(20)14(9-16(2,3)4)21-10-11-6-12(17)8-13(18)7-11/h6-8,14H,5,9-10H2,1-4H3,(H,19,20). The highest BCUT2D eigenvalue weighted by atomic mass is 19.1. The molecule has 0 fully saturated rings. The summed E-state index contributed by atoms with van der Waals surface area (Å²) in [5.74, 6) is -1.51. The van der Waals surface area contributed by atoms with E-state index in [1.54, 1.807) is 0 Å². The Morgan fingerprint density at radius 2 is 1.81 bits per heavy atom. The first-order chi connectivity index (χ1) is 9.71. The molecule has 0 radical (unpaired) electrons. The van der Waals surface area contributed by atoms with Crippen LogP contribution in [-0.2, 0) is 16.1 Å². The van der Waals surface area contributed by atoms with E-state index in [1.807, 2.05) is 27.7 Å². The Kier molecular flexibility index (Phi) is 6.27. The van der Waals surface area contributed by atoms with Gasteiger partial charge in [-0.25, -0.2) is 8.78 Å². The molecule has 5 heteroatoms. The quantitative estimate of drug-likeness (QED) is 0.874. The molecule has 1 aromatic carbocycles. The van der Waals surface area contributed by atoms with E-state index in [2.05, 4.69) is 5.32 Å². The third kappa shape index (κ3) is 6.67. The van der Waals surface area contributed by atoms with E-state index in [1.165, 1.54) is 12.1 Å². The Morgan fingerprint density at radius 1 is 1.24 bits per heavy atom. The van der Waals surface area contributed by atoms with Gasteiger partial charge in [0.2, 0.25) is 5.91 Å². The number of likely N-dealkylation sites (N-methyl/N-ethyl adjacent to an activating group) is 1. The van der Waals surface area contributed by atoms with Crippen LogP contribution in [0.1, 0.15) is 39.7 Å². The maximum absolute atomic E-state index is 13.1. The number of nitrogens with one attached hydrogen (secondary N) is 1. The van der Waals surface area contributed by atoms with Crippen LogP contribution in [0.4, 0.5) is 8.78 Å². The predicted molar refractivity (Wildman–Crippen MR) is 77.7 cm³/mol. The molecule has 0 aliphatic rings. The molecule has 1 rings (SSSR count). The number of hydrogen-bond acceptors (Lipinski definition) is 2. The zero-order chi connectivity index (χ0) is 16.0. The number of ether oxygens (including phenoxy) is 1. The molecular weight excluding hydrogens is 276 g/mol. The highest BCUT2D eigenvalue weighted by molar-refractivity contribution is 5.80. The van der Waals surface area contributed by atoms with E-state index in [9.17, 15) is 13.6 Å². The van der Waals surface area contributed by atoms with Crippen LogP contribution in [0.5, 0.6) is 0 Å². The van der Waals surface area contributed by atoms with Crippen LogP contribution in [0.15, 0.2) is 18.2 Å². The Morgan fingerprint density at radius 3 is 2.29 bits per heavy atom. The van der Waals surface area contributed by atoms with Crippen molar-refractivity contribution >= 4 is 5.91 Å². The van der Waals surface area contributed by atoms with Crippen molar-refractivity contribution in [3.63, 3.8) is 0 Å². The van der Waals surface area contributed by atoms with Crippen molar-refractivity contribution in [2.75, 3.05) is 6.54 Å². The molecule has 0 heterocycles. The lowest BCUT2D eigenvalue weighted by Gasteiger charge is -2.25. The maximum Gasteiger partial charge on any atom is 0.249 e. The number of carbonyl (C=O) groups is 1. The molecule has 0 bridgehead atoms. The summed E-state index contributed by atoms with van der Waals surface area (Å²) >= 11 is 0. The molecule has 0 saturated carbocycles. The van der Waals surface area contributed by atoms with Crippen molar-refractivity contribution in [3.8, 4) is 0 Å². The van der Waals surface area contributed by atoms with E-state index in [4.69, 9.17) is 4.74 Å². The van der Waals surface area contributed by atoms with Gasteiger partial charge in [0.25, 0.3) is 0 Å². The van der Waals surface area contributed by atoms with Crippen molar-refractivity contribution in [3.05, 3.63) is 35.4 Å². The zero-order valence-corrected chi connectivity index (χ0v) is 13.0. The molecule has 0 aromatic heterocycles. The summed E-state index contributed by atoms with van der Waals surface area (Å²) in [4.78, 5) is 12.0. The summed E-state index contributed by atoms with van der Waals surface area (Å²) in [5, 5.41) is 2.72. The number of hydrogen-bond donors (Lipinski definition) is 1. The highest BCUT2D eigenvalue weighted by Gasteiger charge is 2.25. The average Bonchev–Trinajstić information content (AvgIpc) is 2.32. The van der Waals surface area contributed by atoms with E-state index >= 15 is 0 Å². The molecule has 0 aliphatic heterocycles. The Bertz CT molecular complexity index is 463. The number of carbonyl (C=O) groups excluding carboxylic acids is 1. The first-order valence-corrected chi connectivity index (χ1v) is 7.05. The van der Waals surface area contributed by atoms with Crippen LogP contribution in [-0.4, -0.2) is 18.6 Å². The van der Waals surface area contributed by atoms with E-state index < -0.39 is 17.7 Å². The lowest BCUT2D eigenvalue weighted by atomic mass is 9.89. The third-order valence-corrected chi connectivity index (χ3v) is 2.81. The Labute approximate surface area is 124 Å². The van der Waals surface area contributed by atoms with Gasteiger partial charge in [-0.05, 0) is 36.5 Å². The summed E-state index contributed by atoms with van der Waals surface area (Å²) < 4.78 is 31.8. The molecule has 3 nitrogen and oxygen atoms in total. The zero-order valence-electron chi connectivity index (χ0n) is 13.0. The highest BCUT2D eigenvalue weighted by Crippen LogP contribution is 2.23. The minimum Gasteiger partial charge on any atom is -0.364 e. The van der Waals surface area contributed by atoms with Crippen LogP contribution in [0, 0.1) is 17.0 Å². The van der Waals surface area contributed by atoms with Gasteiger partial charge in [0.1, 0.15) is 17.7 Å². The van der Waals surface area contributed by atoms with E-state index in [0.717, 1.165) is 6.07 Å². The van der Waals surface area contributed by atoms with Gasteiger partial charge in [-0.2, -0.15) is 0 Å². The van der Waals surface area contributed by atoms with E-state index in [-0.39, 0.29) is 17.9 Å². The second-order valence-electron chi connectivity index (χ2n) is 6.24. The second kappa shape index (κ2) is 7.50. The molecular formula is C16H23F2NO2. The topological polar surface area (TPSA) is 38.3 Å². The summed E-state index contributed by atoms with van der Waals surface area (Å²) in [6.07, 6.45) is -0.118. The first kappa shape index (κ1) is 17.6. The van der Waals surface area contributed by atoms with Crippen molar-refractivity contribution in [2.24, 2.45) is 5.41 Å². The second-order valence-corrected chi connectivity index (χ2v) is 6.24. The number of halogens is 2. The third-order valence-electron chi connectivity index (χ3n) is 2.81. The fraction of sp³-hybridized carbons (Fsp3) is 0.562. The lowest BCUT2D eigenvalue weighted by molar-refractivity contribution is -0.135. The number of rotatable bonds is 6. The minimum absolute atomic E-state index is 0.00738. The SMILES string of the molecule is CCNC(=O)C(CC(C)(C)C)OCc1cc(F)cc(F)c1. The van der Waals surface area contributed by atoms with Gasteiger partial charge in [-0.3, -0.25) is 4.79 Å². The largest absolute Gasteiger partial charge is 0.364 e. The van der Waals surface area contributed by atoms with Crippen LogP contribution < -0.4 is 5.32 Å². The molecule has 1 atom stereocenters. The van der Waals surface area contributed by atoms with E-state index in [0.29, 0.717) is 18.5 Å². The Balaban J connectivity index is 2.74. The normalized spacial score (nSPS) is 13.0. The summed E-state index contributed by atoms with van der Waals surface area (Å²) in [5.41, 5.74) is 0.277. The molecule has 1 aromatic rings. The minimum atomic E-state index is -0.654. The molecule has 1 N–H and O–H groups in total. The lowest BCUT2D eigenvalue weighted by Crippen LogP contribution is -2.38. The first-order valence-electron chi connectivity index (χ1n) is 7.05. The maximum atomic E-state index is 13.1. The molecule has 0 aliphatic carbocycles. The van der Waals surface area contributed by atoms with Gasteiger partial charge >= 0.3 is 0 Å². The molecule has 1 unspecified atom stereocenters. The van der Waals surface area contributed by atoms with Gasteiger partial charge < -0.3 is 10.1 Å². The van der Waals surface area contributed by atoms with Crippen LogP contribution >= 0.6 is 0 Å². The van der Waals surface area contributed by atoms with Crippen molar-refractivity contribution in [2.45, 2.75) is 46.8 Å². The number of benzene rings is 1. The average molecular weight is 299 g/mol. The van der Waals surface area contributed by atoms with Gasteiger partial charge in [-0.15, -0.1) is 0 Å². The summed E-state index contributed by atoms with van der Waals surface area (Å²) in [7, 11) is 0. The summed E-state index contributed by atoms with van der Waals surface area (Å²) in [6, 6.07) is 3.21. The molecule has 1 amide bonds. The van der Waals surface area contributed by atoms with Crippen molar-refractivity contribution in [1.29, 1.82) is 0 Å². The molecule has 0 spiro atoms. The van der Waals surface area contributed by atoms with Gasteiger partial charge in [0, 0.05) is 12.6 Å². The van der Waals surface area contributed by atoms with Gasteiger partial charge in [0.15, 0.2) is 0 Å². The van der Waals surface area contributed by atoms with Crippen molar-refractivity contribution in [1.82, 2.24) is 5.32 Å². The van der Waals surface area contributed by atoms with Crippen LogP contribution in [0.2, 0.25) is 0 Å². The Hall–Kier alpha value is -1.49. The van der Waals surface area contributed by atoms with Crippen molar-refractivity contribution < 1.29 is 18.3 Å². The van der Waals surface area contributed by atoms with Gasteiger partial charge in [-0.1, -0.05) is 20.8 Å². The number of amides is 1. The van der Waals surface area contributed by atoms with Crippen LogP contribution in [0.3, 0.4) is 0 Å². The molecule has 118 valence electrons. The molecule has 21 heavy (non-hydrogen) atoms. The predicted octanol–water partition coefficient (Wildman–Crippen LogP) is 3.42. The fourth-order valence-corrected chi connectivity index (χ4v) is 1.96. The van der Waals surface area contributed by atoms with Crippen LogP contribution in [0.25, 0.3) is 0 Å². The fourth-order valence-electron chi connectivity index (χ4n) is 1.96.